The average Bonchev–Trinajstić information content (AvgIpc) is 2.19. The molecule has 2 rings (SSSR count). The number of hydrogen-bond acceptors (Lipinski definition) is 1. The second-order valence-corrected chi connectivity index (χ2v) is 4.21. The van der Waals surface area contributed by atoms with Gasteiger partial charge in [0.15, 0.2) is 12.4 Å². The van der Waals surface area contributed by atoms with Crippen LogP contribution >= 0.6 is 0 Å². The van der Waals surface area contributed by atoms with Gasteiger partial charge in [0.2, 0.25) is 0 Å². The van der Waals surface area contributed by atoms with Gasteiger partial charge >= 0.3 is 0 Å². The summed E-state index contributed by atoms with van der Waals surface area (Å²) in [6, 6.07) is 7.78. The molecule has 0 unspecified atom stereocenters. The van der Waals surface area contributed by atoms with Crippen LogP contribution in [-0.4, -0.2) is 5.11 Å². The summed E-state index contributed by atoms with van der Waals surface area (Å²) < 4.78 is 2.01. The molecular weight excluding hydrogens is 325 g/mol. The van der Waals surface area contributed by atoms with E-state index in [1.807, 2.05) is 37.9 Å². The molecule has 0 aliphatic heterocycles. The van der Waals surface area contributed by atoms with Gasteiger partial charge in [0, 0.05) is 12.1 Å². The molecule has 0 spiro atoms. The lowest BCUT2D eigenvalue weighted by atomic mass is 9.96. The molecule has 1 aromatic carbocycles. The van der Waals surface area contributed by atoms with Gasteiger partial charge in [-0.25, -0.2) is 4.57 Å². The van der Waals surface area contributed by atoms with E-state index in [0.717, 1.165) is 11.1 Å². The van der Waals surface area contributed by atoms with Crippen molar-refractivity contribution in [3.63, 3.8) is 0 Å². The molecule has 3 heteroatoms. The minimum atomic E-state index is 0. The lowest BCUT2D eigenvalue weighted by Gasteiger charge is -2.09. The normalized spacial score (nSPS) is 9.82. The molecular formula is C14H16INO. The summed E-state index contributed by atoms with van der Waals surface area (Å²) in [7, 11) is 2.00. The Hall–Kier alpha value is -1.10. The van der Waals surface area contributed by atoms with Gasteiger partial charge in [-0.15, -0.1) is 0 Å². The Balaban J connectivity index is 0.00000144. The van der Waals surface area contributed by atoms with Crippen molar-refractivity contribution in [1.29, 1.82) is 0 Å². The molecule has 0 atom stereocenters. The van der Waals surface area contributed by atoms with Crippen LogP contribution in [0, 0.1) is 13.8 Å². The lowest BCUT2D eigenvalue weighted by Crippen LogP contribution is -3.00. The molecule has 0 saturated heterocycles. The molecule has 0 amide bonds. The number of phenolic OH excluding ortho intramolecular Hbond substituents is 1. The zero-order chi connectivity index (χ0) is 11.7. The molecule has 0 radical (unpaired) electrons. The predicted molar refractivity (Wildman–Crippen MR) is 64.2 cm³/mol. The third-order valence-electron chi connectivity index (χ3n) is 2.78. The fourth-order valence-electron chi connectivity index (χ4n) is 2.06. The topological polar surface area (TPSA) is 24.1 Å². The number of aromatic nitrogens is 1. The Morgan fingerprint density at radius 3 is 1.94 bits per heavy atom. The Morgan fingerprint density at radius 1 is 1.00 bits per heavy atom. The Kier molecular flexibility index (Phi) is 4.51. The summed E-state index contributed by atoms with van der Waals surface area (Å²) in [5.41, 5.74) is 4.60. The maximum absolute atomic E-state index is 9.51. The van der Waals surface area contributed by atoms with Gasteiger partial charge in [-0.3, -0.25) is 0 Å². The van der Waals surface area contributed by atoms with Crippen LogP contribution in [-0.2, 0) is 7.05 Å². The standard InChI is InChI=1S/C14H15NO.HI/c1-10-8-13(16)9-11(2)14(10)12-4-6-15(3)7-5-12;/h4-9H,1-3H3;1H. The Morgan fingerprint density at radius 2 is 1.47 bits per heavy atom. The second-order valence-electron chi connectivity index (χ2n) is 4.21. The minimum Gasteiger partial charge on any atom is -1.00 e. The number of aromatic hydroxyl groups is 1. The van der Waals surface area contributed by atoms with E-state index in [-0.39, 0.29) is 24.0 Å². The molecule has 2 aromatic rings. The van der Waals surface area contributed by atoms with Gasteiger partial charge in [0.1, 0.15) is 12.8 Å². The van der Waals surface area contributed by atoms with Crippen LogP contribution in [0.4, 0.5) is 0 Å². The van der Waals surface area contributed by atoms with Crippen LogP contribution in [0.15, 0.2) is 36.7 Å². The quantitative estimate of drug-likeness (QED) is 0.549. The van der Waals surface area contributed by atoms with E-state index in [0.29, 0.717) is 5.75 Å². The zero-order valence-electron chi connectivity index (χ0n) is 10.2. The number of rotatable bonds is 1. The van der Waals surface area contributed by atoms with E-state index in [1.165, 1.54) is 11.1 Å². The number of pyridine rings is 1. The minimum absolute atomic E-state index is 0. The first-order valence-corrected chi connectivity index (χ1v) is 5.34. The van der Waals surface area contributed by atoms with Crippen molar-refractivity contribution >= 4 is 0 Å². The van der Waals surface area contributed by atoms with Crippen LogP contribution < -0.4 is 28.5 Å². The van der Waals surface area contributed by atoms with Crippen molar-refractivity contribution in [3.05, 3.63) is 47.8 Å². The highest BCUT2D eigenvalue weighted by Gasteiger charge is 2.08. The smallest absolute Gasteiger partial charge is 0.169 e. The molecule has 0 aliphatic carbocycles. The zero-order valence-corrected chi connectivity index (χ0v) is 12.4. The van der Waals surface area contributed by atoms with Crippen LogP contribution in [0.25, 0.3) is 11.1 Å². The maximum Gasteiger partial charge on any atom is 0.169 e. The molecule has 1 aromatic heterocycles. The molecule has 1 heterocycles. The molecule has 0 saturated carbocycles. The number of nitrogens with zero attached hydrogens (tertiary/aromatic N) is 1. The third-order valence-corrected chi connectivity index (χ3v) is 2.78. The van der Waals surface area contributed by atoms with Crippen LogP contribution in [0.1, 0.15) is 11.1 Å². The van der Waals surface area contributed by atoms with Gasteiger partial charge in [0.25, 0.3) is 0 Å². The van der Waals surface area contributed by atoms with Gasteiger partial charge in [-0.05, 0) is 48.2 Å². The predicted octanol–water partition coefficient (Wildman–Crippen LogP) is -0.495. The van der Waals surface area contributed by atoms with Crippen molar-refractivity contribution in [3.8, 4) is 16.9 Å². The summed E-state index contributed by atoms with van der Waals surface area (Å²) in [6.07, 6.45) is 4.06. The molecule has 2 nitrogen and oxygen atoms in total. The third kappa shape index (κ3) is 2.97. The number of halogens is 1. The van der Waals surface area contributed by atoms with Crippen molar-refractivity contribution in [2.75, 3.05) is 0 Å². The van der Waals surface area contributed by atoms with Crippen molar-refractivity contribution in [2.24, 2.45) is 7.05 Å². The molecule has 0 fully saturated rings. The summed E-state index contributed by atoms with van der Waals surface area (Å²) in [5, 5.41) is 9.51. The maximum atomic E-state index is 9.51. The number of phenols is 1. The highest BCUT2D eigenvalue weighted by molar-refractivity contribution is 5.71. The Labute approximate surface area is 119 Å². The monoisotopic (exact) mass is 341 g/mol. The van der Waals surface area contributed by atoms with Gasteiger partial charge in [0.05, 0.1) is 0 Å². The fourth-order valence-corrected chi connectivity index (χ4v) is 2.06. The van der Waals surface area contributed by atoms with E-state index < -0.39 is 0 Å². The fraction of sp³-hybridized carbons (Fsp3) is 0.214. The van der Waals surface area contributed by atoms with E-state index >= 15 is 0 Å². The van der Waals surface area contributed by atoms with Crippen molar-refractivity contribution in [2.45, 2.75) is 13.8 Å². The molecule has 17 heavy (non-hydrogen) atoms. The highest BCUT2D eigenvalue weighted by atomic mass is 127. The van der Waals surface area contributed by atoms with Crippen LogP contribution in [0.5, 0.6) is 5.75 Å². The first-order chi connectivity index (χ1) is 7.58. The van der Waals surface area contributed by atoms with E-state index in [9.17, 15) is 5.11 Å². The Bertz CT molecular complexity index is 497. The summed E-state index contributed by atoms with van der Waals surface area (Å²) >= 11 is 0. The van der Waals surface area contributed by atoms with E-state index in [2.05, 4.69) is 12.1 Å². The second kappa shape index (κ2) is 5.49. The lowest BCUT2D eigenvalue weighted by molar-refractivity contribution is -0.671. The summed E-state index contributed by atoms with van der Waals surface area (Å²) in [4.78, 5) is 0. The van der Waals surface area contributed by atoms with E-state index in [1.54, 1.807) is 12.1 Å². The SMILES string of the molecule is Cc1cc(O)cc(C)c1-c1cc[n+](C)cc1.[I-]. The average molecular weight is 341 g/mol. The van der Waals surface area contributed by atoms with Crippen LogP contribution in [0.3, 0.4) is 0 Å². The number of benzene rings is 1. The summed E-state index contributed by atoms with van der Waals surface area (Å²) in [5.74, 6) is 0.334. The van der Waals surface area contributed by atoms with Gasteiger partial charge in [-0.1, -0.05) is 0 Å². The molecule has 90 valence electrons. The van der Waals surface area contributed by atoms with E-state index in [4.69, 9.17) is 0 Å². The summed E-state index contributed by atoms with van der Waals surface area (Å²) in [6.45, 7) is 4.05. The van der Waals surface area contributed by atoms with Crippen LogP contribution in [0.2, 0.25) is 0 Å². The molecule has 1 N–H and O–H groups in total. The highest BCUT2D eigenvalue weighted by Crippen LogP contribution is 2.29. The van der Waals surface area contributed by atoms with Gasteiger partial charge in [-0.2, -0.15) is 0 Å². The molecule has 0 aliphatic rings. The molecule has 0 bridgehead atoms. The largest absolute Gasteiger partial charge is 1.00 e. The van der Waals surface area contributed by atoms with Crippen molar-refractivity contribution in [1.82, 2.24) is 0 Å². The first-order valence-electron chi connectivity index (χ1n) is 5.34. The number of aryl methyl sites for hydroxylation is 3. The van der Waals surface area contributed by atoms with Gasteiger partial charge < -0.3 is 29.1 Å². The van der Waals surface area contributed by atoms with Crippen molar-refractivity contribution < 1.29 is 33.7 Å². The first kappa shape index (κ1) is 14.0. The number of hydrogen-bond donors (Lipinski definition) is 1.